The summed E-state index contributed by atoms with van der Waals surface area (Å²) < 4.78 is 5.92. The van der Waals surface area contributed by atoms with Crippen molar-refractivity contribution in [3.8, 4) is 5.75 Å². The molecule has 130 valence electrons. The molecular weight excluding hydrogens is 310 g/mol. The Hall–Kier alpha value is -1.86. The van der Waals surface area contributed by atoms with Crippen LogP contribution in [-0.4, -0.2) is 59.4 Å². The van der Waals surface area contributed by atoms with Crippen molar-refractivity contribution in [2.75, 3.05) is 31.1 Å². The molecule has 0 spiro atoms. The normalized spacial score (nSPS) is 27.2. The van der Waals surface area contributed by atoms with Crippen LogP contribution in [0, 0.1) is 17.0 Å². The van der Waals surface area contributed by atoms with Crippen molar-refractivity contribution in [2.24, 2.45) is 0 Å². The smallest absolute Gasteiger partial charge is 0.293 e. The van der Waals surface area contributed by atoms with E-state index in [4.69, 9.17) is 4.74 Å². The first-order valence-corrected chi connectivity index (χ1v) is 8.66. The monoisotopic (exact) mass is 333 g/mol. The predicted molar refractivity (Wildman–Crippen MR) is 89.7 cm³/mol. The maximum Gasteiger partial charge on any atom is 0.293 e. The van der Waals surface area contributed by atoms with Crippen LogP contribution in [0.25, 0.3) is 0 Å². The number of hydrogen-bond donors (Lipinski definition) is 1. The number of fused-ring (bicyclic) bond motifs is 1. The Morgan fingerprint density at radius 2 is 2.04 bits per heavy atom. The summed E-state index contributed by atoms with van der Waals surface area (Å²) in [5, 5.41) is 21.7. The average Bonchev–Trinajstić information content (AvgIpc) is 3.31. The van der Waals surface area contributed by atoms with Crippen LogP contribution >= 0.6 is 0 Å². The minimum atomic E-state index is -0.349. The Bertz CT molecular complexity index is 661. The summed E-state index contributed by atoms with van der Waals surface area (Å²) in [6.45, 7) is 4.99. The third-order valence-corrected chi connectivity index (χ3v) is 5.38. The molecule has 2 aliphatic heterocycles. The van der Waals surface area contributed by atoms with Crippen LogP contribution in [0.2, 0.25) is 0 Å². The summed E-state index contributed by atoms with van der Waals surface area (Å²) in [5.74, 6) is 0.743. The highest BCUT2D eigenvalue weighted by Crippen LogP contribution is 2.40. The molecule has 4 rings (SSSR count). The highest BCUT2D eigenvalue weighted by Gasteiger charge is 2.39. The van der Waals surface area contributed by atoms with Gasteiger partial charge in [0.05, 0.1) is 23.2 Å². The van der Waals surface area contributed by atoms with Gasteiger partial charge in [0.2, 0.25) is 0 Å². The average molecular weight is 333 g/mol. The van der Waals surface area contributed by atoms with Crippen molar-refractivity contribution < 1.29 is 14.8 Å². The van der Waals surface area contributed by atoms with E-state index in [1.165, 1.54) is 0 Å². The van der Waals surface area contributed by atoms with Crippen molar-refractivity contribution in [1.82, 2.24) is 4.90 Å². The molecule has 1 saturated carbocycles. The SMILES string of the molecule is Cc1c(OC2CC2)ccc([N+](=O)[O-])c1N1CCN2CC[C@H](O)[C@@H]2C1. The lowest BCUT2D eigenvalue weighted by Gasteiger charge is -2.40. The van der Waals surface area contributed by atoms with Crippen LogP contribution in [0.5, 0.6) is 5.75 Å². The molecule has 1 N–H and O–H groups in total. The third-order valence-electron chi connectivity index (χ3n) is 5.38. The largest absolute Gasteiger partial charge is 0.490 e. The van der Waals surface area contributed by atoms with Gasteiger partial charge in [-0.05, 0) is 32.3 Å². The van der Waals surface area contributed by atoms with E-state index in [1.807, 2.05) is 6.92 Å². The predicted octanol–water partition coefficient (Wildman–Crippen LogP) is 1.70. The van der Waals surface area contributed by atoms with E-state index < -0.39 is 0 Å². The van der Waals surface area contributed by atoms with Gasteiger partial charge in [0, 0.05) is 37.8 Å². The molecule has 3 aliphatic rings. The van der Waals surface area contributed by atoms with Crippen LogP contribution in [0.4, 0.5) is 11.4 Å². The number of nitrogens with zero attached hydrogens (tertiary/aromatic N) is 3. The lowest BCUT2D eigenvalue weighted by atomic mass is 10.1. The molecule has 1 aromatic rings. The zero-order valence-electron chi connectivity index (χ0n) is 13.9. The van der Waals surface area contributed by atoms with Gasteiger partial charge in [0.25, 0.3) is 5.69 Å². The number of aliphatic hydroxyl groups is 1. The number of nitro benzene ring substituents is 1. The van der Waals surface area contributed by atoms with Crippen molar-refractivity contribution in [3.05, 3.63) is 27.8 Å². The Kier molecular flexibility index (Phi) is 3.85. The molecule has 0 bridgehead atoms. The highest BCUT2D eigenvalue weighted by atomic mass is 16.6. The minimum absolute atomic E-state index is 0.0609. The Labute approximate surface area is 141 Å². The number of nitro groups is 1. The lowest BCUT2D eigenvalue weighted by molar-refractivity contribution is -0.384. The van der Waals surface area contributed by atoms with Gasteiger partial charge in [0.15, 0.2) is 0 Å². The maximum atomic E-state index is 11.5. The number of rotatable bonds is 4. The molecule has 2 saturated heterocycles. The maximum absolute atomic E-state index is 11.5. The van der Waals surface area contributed by atoms with Gasteiger partial charge in [-0.3, -0.25) is 15.0 Å². The first kappa shape index (κ1) is 15.7. The topological polar surface area (TPSA) is 79.1 Å². The van der Waals surface area contributed by atoms with E-state index in [0.29, 0.717) is 12.2 Å². The number of piperazine rings is 1. The summed E-state index contributed by atoms with van der Waals surface area (Å²) in [6, 6.07) is 3.33. The van der Waals surface area contributed by atoms with Crippen molar-refractivity contribution in [3.63, 3.8) is 0 Å². The molecule has 0 radical (unpaired) electrons. The second-order valence-corrected chi connectivity index (χ2v) is 7.04. The Balaban J connectivity index is 1.68. The van der Waals surface area contributed by atoms with Crippen LogP contribution in [0.1, 0.15) is 24.8 Å². The standard InChI is InChI=1S/C17H23N3O4/c1-11-16(24-12-2-3-12)5-4-13(20(22)23)17(11)19-9-8-18-7-6-15(21)14(18)10-19/h4-5,12,14-15,21H,2-3,6-10H2,1H3/t14-,15-/m0/s1. The summed E-state index contributed by atoms with van der Waals surface area (Å²) >= 11 is 0. The van der Waals surface area contributed by atoms with Gasteiger partial charge in [-0.25, -0.2) is 0 Å². The second kappa shape index (κ2) is 5.89. The molecular formula is C17H23N3O4. The molecule has 3 fully saturated rings. The molecule has 2 atom stereocenters. The molecule has 7 nitrogen and oxygen atoms in total. The van der Waals surface area contributed by atoms with Crippen LogP contribution in [0.15, 0.2) is 12.1 Å². The molecule has 0 aromatic heterocycles. The molecule has 7 heteroatoms. The summed E-state index contributed by atoms with van der Waals surface area (Å²) in [5.41, 5.74) is 1.60. The van der Waals surface area contributed by atoms with Gasteiger partial charge in [-0.15, -0.1) is 0 Å². The lowest BCUT2D eigenvalue weighted by Crippen LogP contribution is -2.53. The number of benzene rings is 1. The zero-order valence-corrected chi connectivity index (χ0v) is 13.9. The van der Waals surface area contributed by atoms with Crippen LogP contribution < -0.4 is 9.64 Å². The quantitative estimate of drug-likeness (QED) is 0.667. The van der Waals surface area contributed by atoms with Gasteiger partial charge >= 0.3 is 0 Å². The number of anilines is 1. The minimum Gasteiger partial charge on any atom is -0.490 e. The molecule has 2 heterocycles. The fourth-order valence-electron chi connectivity index (χ4n) is 3.89. The van der Waals surface area contributed by atoms with Crippen molar-refractivity contribution in [2.45, 2.75) is 44.4 Å². The van der Waals surface area contributed by atoms with E-state index in [9.17, 15) is 15.2 Å². The van der Waals surface area contributed by atoms with Crippen LogP contribution in [-0.2, 0) is 0 Å². The second-order valence-electron chi connectivity index (χ2n) is 7.04. The first-order chi connectivity index (χ1) is 11.5. The van der Waals surface area contributed by atoms with Gasteiger partial charge in [-0.1, -0.05) is 0 Å². The van der Waals surface area contributed by atoms with Crippen molar-refractivity contribution in [1.29, 1.82) is 0 Å². The first-order valence-electron chi connectivity index (χ1n) is 8.66. The van der Waals surface area contributed by atoms with E-state index in [1.54, 1.807) is 12.1 Å². The number of hydrogen-bond acceptors (Lipinski definition) is 6. The van der Waals surface area contributed by atoms with E-state index in [-0.39, 0.29) is 28.9 Å². The third kappa shape index (κ3) is 2.71. The number of ether oxygens (including phenoxy) is 1. The summed E-state index contributed by atoms with van der Waals surface area (Å²) in [4.78, 5) is 15.6. The van der Waals surface area contributed by atoms with Crippen molar-refractivity contribution >= 4 is 11.4 Å². The Morgan fingerprint density at radius 1 is 1.25 bits per heavy atom. The van der Waals surface area contributed by atoms with E-state index in [2.05, 4.69) is 9.80 Å². The van der Waals surface area contributed by atoms with E-state index >= 15 is 0 Å². The summed E-state index contributed by atoms with van der Waals surface area (Å²) in [6.07, 6.45) is 2.80. The fraction of sp³-hybridized carbons (Fsp3) is 0.647. The van der Waals surface area contributed by atoms with Gasteiger partial charge in [0.1, 0.15) is 11.4 Å². The molecule has 0 amide bonds. The van der Waals surface area contributed by atoms with Gasteiger partial charge < -0.3 is 14.7 Å². The molecule has 1 aliphatic carbocycles. The van der Waals surface area contributed by atoms with Crippen LogP contribution in [0.3, 0.4) is 0 Å². The summed E-state index contributed by atoms with van der Waals surface area (Å²) in [7, 11) is 0. The highest BCUT2D eigenvalue weighted by molar-refractivity contribution is 5.71. The molecule has 1 aromatic carbocycles. The molecule has 0 unspecified atom stereocenters. The zero-order chi connectivity index (χ0) is 16.8. The van der Waals surface area contributed by atoms with Gasteiger partial charge in [-0.2, -0.15) is 0 Å². The van der Waals surface area contributed by atoms with E-state index in [0.717, 1.165) is 50.2 Å². The molecule has 24 heavy (non-hydrogen) atoms. The fourth-order valence-corrected chi connectivity index (χ4v) is 3.89. The number of aliphatic hydroxyl groups excluding tert-OH is 1. The Morgan fingerprint density at radius 3 is 2.75 bits per heavy atom.